The van der Waals surface area contributed by atoms with Gasteiger partial charge in [-0.25, -0.2) is 0 Å². The largest absolute Gasteiger partial charge is 0.269 e. The standard InChI is InChI=1S/C11H11.2FH.Zr/c1-2-9-7-8-10-5-3-4-6-11(9)10;;;/h3-8H,2H2,1H3;2*1H;/q-1;;;. The Balaban J connectivity index is 0. The summed E-state index contributed by atoms with van der Waals surface area (Å²) in [5, 5.41) is 2.78. The molecule has 0 amide bonds. The zero-order valence-electron chi connectivity index (χ0n) is 7.99. The molecule has 0 aromatic heterocycles. The molecule has 0 unspecified atom stereocenters. The molecule has 0 atom stereocenters. The molecule has 2 aromatic rings. The predicted octanol–water partition coefficient (Wildman–Crippen LogP) is 3.42. The van der Waals surface area contributed by atoms with Crippen molar-refractivity contribution in [1.29, 1.82) is 0 Å². The minimum Gasteiger partial charge on any atom is -0.269 e. The van der Waals surface area contributed by atoms with Crippen LogP contribution in [-0.2, 0) is 32.6 Å². The van der Waals surface area contributed by atoms with Crippen molar-refractivity contribution in [2.24, 2.45) is 0 Å². The molecule has 0 nitrogen and oxygen atoms in total. The summed E-state index contributed by atoms with van der Waals surface area (Å²) < 4.78 is 0. The Kier molecular flexibility index (Phi) is 7.95. The van der Waals surface area contributed by atoms with Gasteiger partial charge in [-0.05, 0) is 0 Å². The fourth-order valence-electron chi connectivity index (χ4n) is 1.52. The number of benzene rings is 1. The summed E-state index contributed by atoms with van der Waals surface area (Å²) in [6, 6.07) is 12.9. The van der Waals surface area contributed by atoms with Crippen LogP contribution >= 0.6 is 0 Å². The van der Waals surface area contributed by atoms with Gasteiger partial charge in [0.05, 0.1) is 0 Å². The molecule has 0 spiro atoms. The maximum Gasteiger partial charge on any atom is 0 e. The zero-order chi connectivity index (χ0) is 7.68. The Bertz CT molecular complexity index is 368. The predicted molar refractivity (Wildman–Crippen MR) is 53.9 cm³/mol. The van der Waals surface area contributed by atoms with E-state index >= 15 is 0 Å². The molecule has 0 radical (unpaired) electrons. The molecule has 0 heterocycles. The number of halogens is 2. The summed E-state index contributed by atoms with van der Waals surface area (Å²) in [4.78, 5) is 0. The van der Waals surface area contributed by atoms with Crippen molar-refractivity contribution in [3.63, 3.8) is 0 Å². The molecule has 2 rings (SSSR count). The maximum atomic E-state index is 2.21. The Morgan fingerprint density at radius 3 is 2.36 bits per heavy atom. The molecule has 0 bridgehead atoms. The van der Waals surface area contributed by atoms with E-state index < -0.39 is 0 Å². The van der Waals surface area contributed by atoms with Crippen molar-refractivity contribution >= 4 is 10.8 Å². The fraction of sp³-hybridized carbons (Fsp3) is 0.182. The zero-order valence-corrected chi connectivity index (χ0v) is 10.4. The third-order valence-electron chi connectivity index (χ3n) is 2.15. The van der Waals surface area contributed by atoms with Crippen molar-refractivity contribution in [2.75, 3.05) is 0 Å². The molecule has 14 heavy (non-hydrogen) atoms. The SMILES string of the molecule is CC[c-]1ccc2ccccc21.F.F.[Zr]. The van der Waals surface area contributed by atoms with Gasteiger partial charge in [0.2, 0.25) is 0 Å². The third-order valence-corrected chi connectivity index (χ3v) is 2.15. The Hall–Kier alpha value is -0.427. The van der Waals surface area contributed by atoms with Crippen molar-refractivity contribution in [3.05, 3.63) is 42.0 Å². The average molecular weight is 274 g/mol. The van der Waals surface area contributed by atoms with Gasteiger partial charge in [-0.2, -0.15) is 6.07 Å². The molecule has 0 saturated carbocycles. The van der Waals surface area contributed by atoms with Gasteiger partial charge in [0.25, 0.3) is 0 Å². The van der Waals surface area contributed by atoms with E-state index in [9.17, 15) is 0 Å². The fourth-order valence-corrected chi connectivity index (χ4v) is 1.52. The van der Waals surface area contributed by atoms with E-state index in [1.807, 2.05) is 0 Å². The van der Waals surface area contributed by atoms with Gasteiger partial charge in [-0.1, -0.05) is 19.4 Å². The molecule has 3 heteroatoms. The topological polar surface area (TPSA) is 0 Å². The van der Waals surface area contributed by atoms with Crippen LogP contribution in [0.25, 0.3) is 10.8 Å². The van der Waals surface area contributed by atoms with Crippen molar-refractivity contribution in [1.82, 2.24) is 0 Å². The molecule has 0 fully saturated rings. The minimum atomic E-state index is 0. The smallest absolute Gasteiger partial charge is 0 e. The van der Waals surface area contributed by atoms with Gasteiger partial charge >= 0.3 is 0 Å². The molecule has 0 aliphatic carbocycles. The first-order chi connectivity index (χ1) is 5.42. The number of rotatable bonds is 1. The van der Waals surface area contributed by atoms with E-state index in [2.05, 4.69) is 43.3 Å². The normalized spacial score (nSPS) is 8.36. The van der Waals surface area contributed by atoms with E-state index in [0.717, 1.165) is 6.42 Å². The molecule has 0 aliphatic rings. The van der Waals surface area contributed by atoms with Crippen LogP contribution in [0.5, 0.6) is 0 Å². The summed E-state index contributed by atoms with van der Waals surface area (Å²) in [5.41, 5.74) is 1.46. The molecule has 0 saturated heterocycles. The van der Waals surface area contributed by atoms with Crippen molar-refractivity contribution in [3.8, 4) is 0 Å². The average Bonchev–Trinajstić information content (AvgIpc) is 2.47. The summed E-state index contributed by atoms with van der Waals surface area (Å²) in [5.74, 6) is 0. The van der Waals surface area contributed by atoms with E-state index in [1.165, 1.54) is 16.3 Å². The number of fused-ring (bicyclic) bond motifs is 1. The van der Waals surface area contributed by atoms with Gasteiger partial charge in [0.1, 0.15) is 0 Å². The molecular formula is C11H13F2Zr-. The number of hydrogen-bond acceptors (Lipinski definition) is 0. The second kappa shape index (κ2) is 6.94. The van der Waals surface area contributed by atoms with Crippen LogP contribution in [0.4, 0.5) is 9.41 Å². The van der Waals surface area contributed by atoms with Crippen LogP contribution < -0.4 is 0 Å². The summed E-state index contributed by atoms with van der Waals surface area (Å²) >= 11 is 0. The summed E-state index contributed by atoms with van der Waals surface area (Å²) in [6.07, 6.45) is 1.13. The first-order valence-electron chi connectivity index (χ1n) is 4.05. The van der Waals surface area contributed by atoms with Gasteiger partial charge < -0.3 is 0 Å². The number of aryl methyl sites for hydroxylation is 1. The quantitative estimate of drug-likeness (QED) is 0.699. The van der Waals surface area contributed by atoms with Crippen LogP contribution in [0.1, 0.15) is 12.5 Å². The molecule has 2 aromatic carbocycles. The Labute approximate surface area is 102 Å². The van der Waals surface area contributed by atoms with Crippen molar-refractivity contribution < 1.29 is 35.6 Å². The molecule has 0 aliphatic heterocycles. The van der Waals surface area contributed by atoms with Crippen molar-refractivity contribution in [2.45, 2.75) is 13.3 Å². The van der Waals surface area contributed by atoms with Crippen LogP contribution in [-0.4, -0.2) is 0 Å². The van der Waals surface area contributed by atoms with E-state index in [4.69, 9.17) is 0 Å². The first kappa shape index (κ1) is 16.0. The summed E-state index contributed by atoms with van der Waals surface area (Å²) in [7, 11) is 0. The second-order valence-electron chi connectivity index (χ2n) is 2.80. The van der Waals surface area contributed by atoms with E-state index in [-0.39, 0.29) is 35.6 Å². The summed E-state index contributed by atoms with van der Waals surface area (Å²) in [6.45, 7) is 2.20. The Morgan fingerprint density at radius 1 is 1.07 bits per heavy atom. The van der Waals surface area contributed by atoms with Gasteiger partial charge in [0.15, 0.2) is 0 Å². The minimum absolute atomic E-state index is 0. The molecule has 0 N–H and O–H groups in total. The first-order valence-corrected chi connectivity index (χ1v) is 4.05. The van der Waals surface area contributed by atoms with E-state index in [0.29, 0.717) is 0 Å². The second-order valence-corrected chi connectivity index (χ2v) is 2.80. The Morgan fingerprint density at radius 2 is 1.71 bits per heavy atom. The maximum absolute atomic E-state index is 2.21. The monoisotopic (exact) mass is 273 g/mol. The molecule has 76 valence electrons. The van der Waals surface area contributed by atoms with Gasteiger partial charge in [0, 0.05) is 26.2 Å². The molecular weight excluding hydrogens is 261 g/mol. The van der Waals surface area contributed by atoms with Crippen LogP contribution in [0.2, 0.25) is 0 Å². The number of hydrogen-bond donors (Lipinski definition) is 0. The van der Waals surface area contributed by atoms with E-state index in [1.54, 1.807) is 0 Å². The van der Waals surface area contributed by atoms with Crippen LogP contribution in [0.3, 0.4) is 0 Å². The van der Waals surface area contributed by atoms with Gasteiger partial charge in [-0.15, -0.1) is 40.6 Å². The van der Waals surface area contributed by atoms with Crippen LogP contribution in [0, 0.1) is 0 Å². The third kappa shape index (κ3) is 2.78. The van der Waals surface area contributed by atoms with Gasteiger partial charge in [-0.3, -0.25) is 9.41 Å². The van der Waals surface area contributed by atoms with Crippen LogP contribution in [0.15, 0.2) is 36.4 Å².